The van der Waals surface area contributed by atoms with Crippen LogP contribution in [0.4, 0.5) is 0 Å². The van der Waals surface area contributed by atoms with E-state index in [1.54, 1.807) is 18.2 Å². The lowest BCUT2D eigenvalue weighted by atomic mass is 9.80. The van der Waals surface area contributed by atoms with Crippen molar-refractivity contribution in [1.29, 1.82) is 5.26 Å². The molecule has 0 saturated heterocycles. The van der Waals surface area contributed by atoms with Crippen molar-refractivity contribution in [3.8, 4) is 11.8 Å². The summed E-state index contributed by atoms with van der Waals surface area (Å²) in [5, 5.41) is 9.21. The fraction of sp³-hybridized carbons (Fsp3) is 0.429. The Balaban J connectivity index is 3.20. The molecule has 0 N–H and O–H groups in total. The SMILES string of the molecule is COc1ccccc1C(C#N)C(=O)C(C)(C)C. The van der Waals surface area contributed by atoms with E-state index in [1.165, 1.54) is 7.11 Å². The smallest absolute Gasteiger partial charge is 0.159 e. The molecule has 1 aromatic rings. The summed E-state index contributed by atoms with van der Waals surface area (Å²) in [7, 11) is 1.54. The number of ether oxygens (including phenoxy) is 1. The van der Waals surface area contributed by atoms with Crippen LogP contribution in [-0.4, -0.2) is 12.9 Å². The Morgan fingerprint density at radius 1 is 1.35 bits per heavy atom. The van der Waals surface area contributed by atoms with Crippen LogP contribution >= 0.6 is 0 Å². The van der Waals surface area contributed by atoms with E-state index in [0.717, 1.165) is 0 Å². The molecule has 1 unspecified atom stereocenters. The highest BCUT2D eigenvalue weighted by molar-refractivity contribution is 5.93. The van der Waals surface area contributed by atoms with Gasteiger partial charge in [0.05, 0.1) is 13.2 Å². The van der Waals surface area contributed by atoms with Gasteiger partial charge in [0.2, 0.25) is 0 Å². The average Bonchev–Trinajstić information content (AvgIpc) is 2.29. The quantitative estimate of drug-likeness (QED) is 0.803. The van der Waals surface area contributed by atoms with Gasteiger partial charge in [0.15, 0.2) is 5.78 Å². The number of carbonyl (C=O) groups excluding carboxylic acids is 1. The summed E-state index contributed by atoms with van der Waals surface area (Å²) in [5.74, 6) is -0.285. The predicted octanol–water partition coefficient (Wildman–Crippen LogP) is 2.92. The third-order valence-corrected chi connectivity index (χ3v) is 2.58. The first-order valence-corrected chi connectivity index (χ1v) is 5.48. The first-order chi connectivity index (χ1) is 7.91. The summed E-state index contributed by atoms with van der Waals surface area (Å²) < 4.78 is 5.19. The summed E-state index contributed by atoms with van der Waals surface area (Å²) in [6.07, 6.45) is 0. The van der Waals surface area contributed by atoms with Gasteiger partial charge in [-0.25, -0.2) is 0 Å². The second-order valence-electron chi connectivity index (χ2n) is 4.92. The topological polar surface area (TPSA) is 50.1 Å². The normalized spacial score (nSPS) is 12.6. The Labute approximate surface area is 102 Å². The Morgan fingerprint density at radius 2 is 1.94 bits per heavy atom. The van der Waals surface area contributed by atoms with Gasteiger partial charge in [0.25, 0.3) is 0 Å². The molecular weight excluding hydrogens is 214 g/mol. The highest BCUT2D eigenvalue weighted by Gasteiger charge is 2.32. The summed E-state index contributed by atoms with van der Waals surface area (Å²) in [6, 6.07) is 9.21. The minimum Gasteiger partial charge on any atom is -0.496 e. The number of nitriles is 1. The first kappa shape index (κ1) is 13.2. The van der Waals surface area contributed by atoms with Gasteiger partial charge < -0.3 is 4.74 Å². The fourth-order valence-electron chi connectivity index (χ4n) is 1.61. The van der Waals surface area contributed by atoms with Gasteiger partial charge in [-0.3, -0.25) is 4.79 Å². The second kappa shape index (κ2) is 5.01. The summed E-state index contributed by atoms with van der Waals surface area (Å²) >= 11 is 0. The molecule has 0 bridgehead atoms. The fourth-order valence-corrected chi connectivity index (χ4v) is 1.61. The summed E-state index contributed by atoms with van der Waals surface area (Å²) in [6.45, 7) is 5.44. The lowest BCUT2D eigenvalue weighted by Crippen LogP contribution is -2.26. The number of ketones is 1. The predicted molar refractivity (Wildman–Crippen MR) is 65.8 cm³/mol. The minimum atomic E-state index is -0.772. The third kappa shape index (κ3) is 2.85. The van der Waals surface area contributed by atoms with Crippen molar-refractivity contribution in [2.75, 3.05) is 7.11 Å². The van der Waals surface area contributed by atoms with Crippen molar-refractivity contribution in [1.82, 2.24) is 0 Å². The van der Waals surface area contributed by atoms with Gasteiger partial charge in [-0.05, 0) is 6.07 Å². The largest absolute Gasteiger partial charge is 0.496 e. The van der Waals surface area contributed by atoms with Crippen molar-refractivity contribution in [3.63, 3.8) is 0 Å². The van der Waals surface area contributed by atoms with E-state index in [9.17, 15) is 10.1 Å². The van der Waals surface area contributed by atoms with E-state index in [0.29, 0.717) is 11.3 Å². The van der Waals surface area contributed by atoms with Crippen LogP contribution in [0.2, 0.25) is 0 Å². The first-order valence-electron chi connectivity index (χ1n) is 5.48. The number of methoxy groups -OCH3 is 1. The number of Topliss-reactive ketones (excluding diaryl/α,β-unsaturated/α-hetero) is 1. The molecule has 3 nitrogen and oxygen atoms in total. The number of nitrogens with zero attached hydrogens (tertiary/aromatic N) is 1. The molecule has 1 rings (SSSR count). The standard InChI is InChI=1S/C14H17NO2/c1-14(2,3)13(16)11(9-15)10-7-5-6-8-12(10)17-4/h5-8,11H,1-4H3. The van der Waals surface area contributed by atoms with Gasteiger partial charge in [-0.2, -0.15) is 5.26 Å². The number of hydrogen-bond donors (Lipinski definition) is 0. The summed E-state index contributed by atoms with van der Waals surface area (Å²) in [5.41, 5.74) is 0.0961. The molecule has 17 heavy (non-hydrogen) atoms. The molecule has 1 atom stereocenters. The Morgan fingerprint density at radius 3 is 2.41 bits per heavy atom. The van der Waals surface area contributed by atoms with Crippen molar-refractivity contribution in [3.05, 3.63) is 29.8 Å². The van der Waals surface area contributed by atoms with E-state index < -0.39 is 11.3 Å². The maximum absolute atomic E-state index is 12.2. The zero-order valence-electron chi connectivity index (χ0n) is 10.7. The summed E-state index contributed by atoms with van der Waals surface area (Å²) in [4.78, 5) is 12.2. The van der Waals surface area contributed by atoms with Gasteiger partial charge in [0, 0.05) is 11.0 Å². The highest BCUT2D eigenvalue weighted by Crippen LogP contribution is 2.32. The van der Waals surface area contributed by atoms with Crippen molar-refractivity contribution in [2.24, 2.45) is 5.41 Å². The zero-order chi connectivity index (χ0) is 13.1. The molecule has 3 heteroatoms. The zero-order valence-corrected chi connectivity index (χ0v) is 10.7. The third-order valence-electron chi connectivity index (χ3n) is 2.58. The number of para-hydroxylation sites is 1. The maximum Gasteiger partial charge on any atom is 0.159 e. The van der Waals surface area contributed by atoms with E-state index in [2.05, 4.69) is 6.07 Å². The molecule has 0 aliphatic carbocycles. The van der Waals surface area contributed by atoms with Gasteiger partial charge in [-0.1, -0.05) is 39.0 Å². The second-order valence-corrected chi connectivity index (χ2v) is 4.92. The van der Waals surface area contributed by atoms with Crippen LogP contribution < -0.4 is 4.74 Å². The number of benzene rings is 1. The van der Waals surface area contributed by atoms with Crippen LogP contribution in [0.5, 0.6) is 5.75 Å². The van der Waals surface area contributed by atoms with Crippen molar-refractivity contribution >= 4 is 5.78 Å². The molecule has 0 amide bonds. The van der Waals surface area contributed by atoms with Crippen molar-refractivity contribution in [2.45, 2.75) is 26.7 Å². The van der Waals surface area contributed by atoms with E-state index >= 15 is 0 Å². The Hall–Kier alpha value is -1.82. The van der Waals surface area contributed by atoms with Crippen LogP contribution in [0.3, 0.4) is 0 Å². The van der Waals surface area contributed by atoms with Crippen LogP contribution in [0.15, 0.2) is 24.3 Å². The monoisotopic (exact) mass is 231 g/mol. The Bertz CT molecular complexity index is 452. The molecule has 0 radical (unpaired) electrons. The van der Waals surface area contributed by atoms with Crippen LogP contribution in [0.1, 0.15) is 32.3 Å². The lowest BCUT2D eigenvalue weighted by Gasteiger charge is -2.21. The number of rotatable bonds is 3. The molecule has 0 aromatic heterocycles. The van der Waals surface area contributed by atoms with E-state index in [4.69, 9.17) is 4.74 Å². The number of carbonyl (C=O) groups is 1. The molecule has 0 heterocycles. The molecule has 0 saturated carbocycles. The molecule has 0 aliphatic rings. The molecule has 0 fully saturated rings. The van der Waals surface area contributed by atoms with Crippen LogP contribution in [-0.2, 0) is 4.79 Å². The lowest BCUT2D eigenvalue weighted by molar-refractivity contribution is -0.126. The van der Waals surface area contributed by atoms with Gasteiger partial charge >= 0.3 is 0 Å². The van der Waals surface area contributed by atoms with Crippen LogP contribution in [0.25, 0.3) is 0 Å². The number of hydrogen-bond acceptors (Lipinski definition) is 3. The van der Waals surface area contributed by atoms with E-state index in [-0.39, 0.29) is 5.78 Å². The van der Waals surface area contributed by atoms with Crippen LogP contribution in [0, 0.1) is 16.7 Å². The molecule has 0 spiro atoms. The highest BCUT2D eigenvalue weighted by atomic mass is 16.5. The Kier molecular flexibility index (Phi) is 3.90. The molecule has 90 valence electrons. The molecule has 0 aliphatic heterocycles. The molecular formula is C14H17NO2. The molecule has 1 aromatic carbocycles. The average molecular weight is 231 g/mol. The van der Waals surface area contributed by atoms with Crippen molar-refractivity contribution < 1.29 is 9.53 Å². The van der Waals surface area contributed by atoms with Gasteiger partial charge in [-0.15, -0.1) is 0 Å². The van der Waals surface area contributed by atoms with E-state index in [1.807, 2.05) is 26.8 Å². The maximum atomic E-state index is 12.2. The van der Waals surface area contributed by atoms with Gasteiger partial charge in [0.1, 0.15) is 11.7 Å². The minimum absolute atomic E-state index is 0.0931.